The summed E-state index contributed by atoms with van der Waals surface area (Å²) in [6, 6.07) is 0. The third-order valence-electron chi connectivity index (χ3n) is 2.55. The number of amides is 1. The number of rotatable bonds is 14. The Kier molecular flexibility index (Phi) is 12.3. The standard InChI is InChI=1S/C13H28N2O6S/c1-4-19-11-13(16)14-5-7-20-9-10-21-8-6-15-22(17,18)12(2)3/h12,15H,4-11H2,1-3H3,(H,14,16). The van der Waals surface area contributed by atoms with Gasteiger partial charge in [-0.2, -0.15) is 0 Å². The van der Waals surface area contributed by atoms with Gasteiger partial charge in [0.25, 0.3) is 0 Å². The number of hydrogen-bond donors (Lipinski definition) is 2. The predicted molar refractivity (Wildman–Crippen MR) is 83.2 cm³/mol. The quantitative estimate of drug-likeness (QED) is 0.413. The summed E-state index contributed by atoms with van der Waals surface area (Å²) in [6.45, 7) is 7.73. The molecular weight excluding hydrogens is 312 g/mol. The van der Waals surface area contributed by atoms with Crippen LogP contribution in [0.25, 0.3) is 0 Å². The second-order valence-corrected chi connectivity index (χ2v) is 7.02. The number of carbonyl (C=O) groups is 1. The third kappa shape index (κ3) is 11.9. The summed E-state index contributed by atoms with van der Waals surface area (Å²) in [5.74, 6) is -0.167. The van der Waals surface area contributed by atoms with Gasteiger partial charge in [0.1, 0.15) is 6.61 Å². The number of ether oxygens (including phenoxy) is 3. The molecule has 0 saturated heterocycles. The molecule has 0 radical (unpaired) electrons. The molecule has 0 saturated carbocycles. The lowest BCUT2D eigenvalue weighted by Crippen LogP contribution is -2.33. The van der Waals surface area contributed by atoms with Crippen molar-refractivity contribution in [3.8, 4) is 0 Å². The normalized spacial score (nSPS) is 11.8. The first-order valence-corrected chi connectivity index (χ1v) is 8.93. The molecule has 0 aliphatic rings. The molecule has 8 nitrogen and oxygen atoms in total. The lowest BCUT2D eigenvalue weighted by Gasteiger charge is -2.10. The summed E-state index contributed by atoms with van der Waals surface area (Å²) < 4.78 is 40.7. The van der Waals surface area contributed by atoms with Crippen LogP contribution in [0, 0.1) is 0 Å². The van der Waals surface area contributed by atoms with E-state index in [1.807, 2.05) is 6.92 Å². The van der Waals surface area contributed by atoms with Gasteiger partial charge in [-0.05, 0) is 20.8 Å². The van der Waals surface area contributed by atoms with Crippen LogP contribution in [0.3, 0.4) is 0 Å². The minimum absolute atomic E-state index is 0.0614. The van der Waals surface area contributed by atoms with E-state index in [0.29, 0.717) is 39.6 Å². The van der Waals surface area contributed by atoms with Crippen LogP contribution in [-0.2, 0) is 29.0 Å². The molecule has 9 heteroatoms. The first-order valence-electron chi connectivity index (χ1n) is 7.38. The summed E-state index contributed by atoms with van der Waals surface area (Å²) >= 11 is 0. The minimum atomic E-state index is -3.23. The Balaban J connectivity index is 3.33. The molecule has 0 atom stereocenters. The highest BCUT2D eigenvalue weighted by Crippen LogP contribution is 1.94. The van der Waals surface area contributed by atoms with Crippen molar-refractivity contribution in [1.82, 2.24) is 10.0 Å². The van der Waals surface area contributed by atoms with Crippen LogP contribution in [-0.4, -0.2) is 72.3 Å². The molecule has 132 valence electrons. The Morgan fingerprint density at radius 2 is 1.59 bits per heavy atom. The van der Waals surface area contributed by atoms with Crippen LogP contribution in [0.1, 0.15) is 20.8 Å². The summed E-state index contributed by atoms with van der Waals surface area (Å²) in [4.78, 5) is 11.2. The van der Waals surface area contributed by atoms with Gasteiger partial charge >= 0.3 is 0 Å². The number of carbonyl (C=O) groups excluding carboxylic acids is 1. The van der Waals surface area contributed by atoms with Gasteiger partial charge < -0.3 is 19.5 Å². The Labute approximate surface area is 132 Å². The third-order valence-corrected chi connectivity index (χ3v) is 4.40. The number of sulfonamides is 1. The van der Waals surface area contributed by atoms with Crippen molar-refractivity contribution >= 4 is 15.9 Å². The summed E-state index contributed by atoms with van der Waals surface area (Å²) in [7, 11) is -3.23. The molecule has 0 fully saturated rings. The van der Waals surface area contributed by atoms with E-state index in [-0.39, 0.29) is 19.1 Å². The lowest BCUT2D eigenvalue weighted by atomic mass is 10.6. The zero-order chi connectivity index (χ0) is 16.8. The predicted octanol–water partition coefficient (Wildman–Crippen LogP) is -0.500. The van der Waals surface area contributed by atoms with Gasteiger partial charge in [0.15, 0.2) is 0 Å². The van der Waals surface area contributed by atoms with Crippen LogP contribution < -0.4 is 10.0 Å². The molecule has 0 aromatic carbocycles. The van der Waals surface area contributed by atoms with E-state index in [9.17, 15) is 13.2 Å². The number of nitrogens with one attached hydrogen (secondary N) is 2. The molecule has 0 aliphatic carbocycles. The highest BCUT2D eigenvalue weighted by molar-refractivity contribution is 7.90. The minimum Gasteiger partial charge on any atom is -0.378 e. The maximum absolute atomic E-state index is 11.4. The van der Waals surface area contributed by atoms with Crippen LogP contribution >= 0.6 is 0 Å². The van der Waals surface area contributed by atoms with Crippen LogP contribution in [0.15, 0.2) is 0 Å². The Hall–Kier alpha value is -0.740. The molecule has 0 unspecified atom stereocenters. The van der Waals surface area contributed by atoms with E-state index in [1.165, 1.54) is 0 Å². The molecule has 1 amide bonds. The van der Waals surface area contributed by atoms with Crippen molar-refractivity contribution in [2.24, 2.45) is 0 Å². The van der Waals surface area contributed by atoms with Gasteiger partial charge in [0.05, 0.1) is 31.7 Å². The summed E-state index contributed by atoms with van der Waals surface area (Å²) in [5, 5.41) is 2.20. The van der Waals surface area contributed by atoms with E-state index in [2.05, 4.69) is 10.0 Å². The van der Waals surface area contributed by atoms with Crippen molar-refractivity contribution in [2.75, 3.05) is 52.7 Å². The van der Waals surface area contributed by atoms with Crippen molar-refractivity contribution in [2.45, 2.75) is 26.0 Å². The first-order chi connectivity index (χ1) is 10.4. The fourth-order valence-corrected chi connectivity index (χ4v) is 1.95. The first kappa shape index (κ1) is 21.3. The molecule has 0 bridgehead atoms. The molecular formula is C13H28N2O6S. The molecule has 0 spiro atoms. The highest BCUT2D eigenvalue weighted by atomic mass is 32.2. The average Bonchev–Trinajstić information content (AvgIpc) is 2.46. The van der Waals surface area contributed by atoms with Gasteiger partial charge in [-0.15, -0.1) is 0 Å². The van der Waals surface area contributed by atoms with Crippen LogP contribution in [0.5, 0.6) is 0 Å². The number of hydrogen-bond acceptors (Lipinski definition) is 6. The highest BCUT2D eigenvalue weighted by Gasteiger charge is 2.13. The van der Waals surface area contributed by atoms with Crippen molar-refractivity contribution in [3.63, 3.8) is 0 Å². The van der Waals surface area contributed by atoms with Gasteiger partial charge in [-0.3, -0.25) is 4.79 Å². The second-order valence-electron chi connectivity index (χ2n) is 4.70. The molecule has 0 rings (SSSR count). The van der Waals surface area contributed by atoms with Crippen molar-refractivity contribution in [1.29, 1.82) is 0 Å². The maximum Gasteiger partial charge on any atom is 0.246 e. The average molecular weight is 340 g/mol. The largest absolute Gasteiger partial charge is 0.378 e. The van der Waals surface area contributed by atoms with E-state index in [4.69, 9.17) is 14.2 Å². The molecule has 0 heterocycles. The molecule has 0 aromatic heterocycles. The summed E-state index contributed by atoms with van der Waals surface area (Å²) in [6.07, 6.45) is 0. The molecule has 0 aromatic rings. The Morgan fingerprint density at radius 3 is 2.14 bits per heavy atom. The summed E-state index contributed by atoms with van der Waals surface area (Å²) in [5.41, 5.74) is 0. The maximum atomic E-state index is 11.4. The molecule has 0 aliphatic heterocycles. The van der Waals surface area contributed by atoms with E-state index < -0.39 is 15.3 Å². The molecule has 22 heavy (non-hydrogen) atoms. The van der Waals surface area contributed by atoms with Crippen LogP contribution in [0.2, 0.25) is 0 Å². The van der Waals surface area contributed by atoms with E-state index in [1.54, 1.807) is 13.8 Å². The van der Waals surface area contributed by atoms with Crippen molar-refractivity contribution < 1.29 is 27.4 Å². The smallest absolute Gasteiger partial charge is 0.246 e. The lowest BCUT2D eigenvalue weighted by molar-refractivity contribution is -0.125. The van der Waals surface area contributed by atoms with E-state index in [0.717, 1.165) is 0 Å². The van der Waals surface area contributed by atoms with Gasteiger partial charge in [0.2, 0.25) is 15.9 Å². The fourth-order valence-electron chi connectivity index (χ4n) is 1.25. The van der Waals surface area contributed by atoms with Crippen LogP contribution in [0.4, 0.5) is 0 Å². The topological polar surface area (TPSA) is 103 Å². The second kappa shape index (κ2) is 12.8. The SMILES string of the molecule is CCOCC(=O)NCCOCCOCCNS(=O)(=O)C(C)C. The Morgan fingerprint density at radius 1 is 1.00 bits per heavy atom. The fraction of sp³-hybridized carbons (Fsp3) is 0.923. The Bertz CT molecular complexity index is 386. The van der Waals surface area contributed by atoms with Gasteiger partial charge in [-0.25, -0.2) is 13.1 Å². The van der Waals surface area contributed by atoms with Gasteiger partial charge in [-0.1, -0.05) is 0 Å². The van der Waals surface area contributed by atoms with Crippen molar-refractivity contribution in [3.05, 3.63) is 0 Å². The zero-order valence-corrected chi connectivity index (χ0v) is 14.4. The zero-order valence-electron chi connectivity index (χ0n) is 13.6. The monoisotopic (exact) mass is 340 g/mol. The van der Waals surface area contributed by atoms with E-state index >= 15 is 0 Å². The molecule has 2 N–H and O–H groups in total. The van der Waals surface area contributed by atoms with Gasteiger partial charge in [0, 0.05) is 19.7 Å².